The predicted octanol–water partition coefficient (Wildman–Crippen LogP) is 5.06. The fourth-order valence-electron chi connectivity index (χ4n) is 2.26. The summed E-state index contributed by atoms with van der Waals surface area (Å²) in [4.78, 5) is 0. The van der Waals surface area contributed by atoms with Gasteiger partial charge < -0.3 is 8.97 Å². The molecular formula is C22H40N2+2. The Balaban J connectivity index is 0. The summed E-state index contributed by atoms with van der Waals surface area (Å²) in [5, 5.41) is 0. The van der Waals surface area contributed by atoms with Crippen LogP contribution in [0.2, 0.25) is 0 Å². The number of rotatable bonds is 4. The minimum atomic E-state index is 0. The smallest absolute Gasteiger partial charge is 0.104 e. The van der Waals surface area contributed by atoms with Gasteiger partial charge in [0.25, 0.3) is 0 Å². The van der Waals surface area contributed by atoms with Gasteiger partial charge in [-0.05, 0) is 0 Å². The maximum Gasteiger partial charge on any atom is 0.104 e. The number of hydrogen-bond acceptors (Lipinski definition) is 0. The first-order chi connectivity index (χ1) is 10.2. The summed E-state index contributed by atoms with van der Waals surface area (Å²) >= 11 is 0. The van der Waals surface area contributed by atoms with Gasteiger partial charge in [-0.25, -0.2) is 0 Å². The van der Waals surface area contributed by atoms with Crippen molar-refractivity contribution in [3.8, 4) is 0 Å². The van der Waals surface area contributed by atoms with E-state index < -0.39 is 0 Å². The predicted molar refractivity (Wildman–Crippen MR) is 110 cm³/mol. The van der Waals surface area contributed by atoms with Crippen molar-refractivity contribution in [3.05, 3.63) is 71.8 Å². The zero-order valence-corrected chi connectivity index (χ0v) is 15.1. The van der Waals surface area contributed by atoms with Crippen LogP contribution in [-0.2, 0) is 13.1 Å². The summed E-state index contributed by atoms with van der Waals surface area (Å²) in [7, 11) is 13.2. The topological polar surface area (TPSA) is 0 Å². The number of nitrogens with zero attached hydrogens (tertiary/aromatic N) is 2. The Hall–Kier alpha value is -1.64. The molecule has 2 heteroatoms. The van der Waals surface area contributed by atoms with E-state index in [1.54, 1.807) is 0 Å². The van der Waals surface area contributed by atoms with E-state index in [4.69, 9.17) is 0 Å². The molecule has 0 aliphatic heterocycles. The lowest BCUT2D eigenvalue weighted by Crippen LogP contribution is -2.33. The normalized spacial score (nSPS) is 10.6. The maximum atomic E-state index is 2.20. The van der Waals surface area contributed by atoms with Gasteiger partial charge in [-0.2, -0.15) is 0 Å². The van der Waals surface area contributed by atoms with Crippen molar-refractivity contribution in [2.24, 2.45) is 0 Å². The Morgan fingerprint density at radius 2 is 0.750 bits per heavy atom. The molecule has 0 N–H and O–H groups in total. The van der Waals surface area contributed by atoms with Gasteiger partial charge in [-0.3, -0.25) is 0 Å². The van der Waals surface area contributed by atoms with E-state index in [0.29, 0.717) is 0 Å². The zero-order chi connectivity index (χ0) is 16.6. The average molecular weight is 333 g/mol. The molecule has 0 aliphatic carbocycles. The molecule has 2 aromatic carbocycles. The van der Waals surface area contributed by atoms with Gasteiger partial charge in [0, 0.05) is 11.1 Å². The average Bonchev–Trinajstić information content (AvgIpc) is 2.38. The van der Waals surface area contributed by atoms with Crippen molar-refractivity contribution in [3.63, 3.8) is 0 Å². The van der Waals surface area contributed by atoms with Crippen molar-refractivity contribution in [2.45, 2.75) is 27.9 Å². The highest BCUT2D eigenvalue weighted by Crippen LogP contribution is 2.05. The Bertz CT molecular complexity index is 468. The summed E-state index contributed by atoms with van der Waals surface area (Å²) in [5.74, 6) is 0. The molecule has 0 fully saturated rings. The third-order valence-electron chi connectivity index (χ3n) is 3.00. The Morgan fingerprint density at radius 3 is 0.958 bits per heavy atom. The monoisotopic (exact) mass is 332 g/mol. The highest BCUT2D eigenvalue weighted by atomic mass is 15.3. The van der Waals surface area contributed by atoms with Crippen LogP contribution in [0.1, 0.15) is 26.0 Å². The van der Waals surface area contributed by atoms with Crippen LogP contribution in [0.25, 0.3) is 0 Å². The van der Waals surface area contributed by atoms with E-state index in [1.165, 1.54) is 11.1 Å². The number of benzene rings is 2. The molecular weight excluding hydrogens is 292 g/mol. The summed E-state index contributed by atoms with van der Waals surface area (Å²) < 4.78 is 1.98. The Morgan fingerprint density at radius 1 is 0.500 bits per heavy atom. The zero-order valence-electron chi connectivity index (χ0n) is 15.1. The van der Waals surface area contributed by atoms with Crippen molar-refractivity contribution in [1.82, 2.24) is 0 Å². The fourth-order valence-corrected chi connectivity index (χ4v) is 2.26. The molecule has 136 valence electrons. The first-order valence-corrected chi connectivity index (χ1v) is 7.84. The largest absolute Gasteiger partial charge is 0.327 e. The Kier molecular flexibility index (Phi) is 11.3. The SMILES string of the molecule is C.C.C[N+](C)(C)Cc1ccccc1.C[N+](C)(C)Cc1ccccc1. The van der Waals surface area contributed by atoms with Crippen LogP contribution >= 0.6 is 0 Å². The molecule has 0 aromatic heterocycles. The van der Waals surface area contributed by atoms with Crippen molar-refractivity contribution < 1.29 is 8.97 Å². The second kappa shape index (κ2) is 11.0. The van der Waals surface area contributed by atoms with Gasteiger partial charge in [0.2, 0.25) is 0 Å². The molecule has 24 heavy (non-hydrogen) atoms. The maximum absolute atomic E-state index is 2.20. The first-order valence-electron chi connectivity index (χ1n) is 7.84. The van der Waals surface area contributed by atoms with E-state index in [-0.39, 0.29) is 14.9 Å². The molecule has 0 atom stereocenters. The lowest BCUT2D eigenvalue weighted by Gasteiger charge is -2.23. The molecule has 0 bridgehead atoms. The minimum Gasteiger partial charge on any atom is -0.327 e. The second-order valence-corrected chi connectivity index (χ2v) is 7.87. The van der Waals surface area contributed by atoms with Crippen LogP contribution in [0.15, 0.2) is 60.7 Å². The van der Waals surface area contributed by atoms with E-state index in [1.807, 2.05) is 0 Å². The van der Waals surface area contributed by atoms with Crippen LogP contribution < -0.4 is 0 Å². The van der Waals surface area contributed by atoms with Crippen LogP contribution in [0, 0.1) is 0 Å². The summed E-state index contributed by atoms with van der Waals surface area (Å²) in [6.45, 7) is 2.20. The van der Waals surface area contributed by atoms with Gasteiger partial charge in [0.05, 0.1) is 42.3 Å². The number of quaternary nitrogens is 2. The lowest BCUT2D eigenvalue weighted by atomic mass is 10.2. The van der Waals surface area contributed by atoms with Gasteiger partial charge in [0.15, 0.2) is 0 Å². The summed E-state index contributed by atoms with van der Waals surface area (Å²) in [6, 6.07) is 21.1. The van der Waals surface area contributed by atoms with Crippen LogP contribution in [0.4, 0.5) is 0 Å². The second-order valence-electron chi connectivity index (χ2n) is 7.87. The minimum absolute atomic E-state index is 0. The molecule has 2 aromatic rings. The molecule has 0 saturated heterocycles. The van der Waals surface area contributed by atoms with Crippen LogP contribution in [0.3, 0.4) is 0 Å². The van der Waals surface area contributed by atoms with Crippen molar-refractivity contribution in [2.75, 3.05) is 42.3 Å². The van der Waals surface area contributed by atoms with E-state index >= 15 is 0 Å². The van der Waals surface area contributed by atoms with Gasteiger partial charge in [0.1, 0.15) is 13.1 Å². The standard InChI is InChI=1S/2C10H16N.2CH4/c2*1-11(2,3)9-10-7-5-4-6-8-10;;/h2*4-8H,9H2,1-3H3;2*1H4/q2*+1;;. The van der Waals surface area contributed by atoms with E-state index in [9.17, 15) is 0 Å². The highest BCUT2D eigenvalue weighted by Gasteiger charge is 2.07. The molecule has 0 heterocycles. The van der Waals surface area contributed by atoms with Crippen LogP contribution in [0.5, 0.6) is 0 Å². The third-order valence-corrected chi connectivity index (χ3v) is 3.00. The number of hydrogen-bond donors (Lipinski definition) is 0. The Labute approximate surface area is 151 Å². The summed E-state index contributed by atoms with van der Waals surface area (Å²) in [5.41, 5.74) is 2.81. The van der Waals surface area contributed by atoms with E-state index in [2.05, 4.69) is 103 Å². The third kappa shape index (κ3) is 12.9. The van der Waals surface area contributed by atoms with Gasteiger partial charge in [-0.1, -0.05) is 75.5 Å². The molecule has 0 spiro atoms. The fraction of sp³-hybridized carbons (Fsp3) is 0.455. The molecule has 0 radical (unpaired) electrons. The van der Waals surface area contributed by atoms with Crippen LogP contribution in [-0.4, -0.2) is 51.3 Å². The van der Waals surface area contributed by atoms with E-state index in [0.717, 1.165) is 22.1 Å². The molecule has 2 nitrogen and oxygen atoms in total. The molecule has 2 rings (SSSR count). The quantitative estimate of drug-likeness (QED) is 0.687. The van der Waals surface area contributed by atoms with Crippen molar-refractivity contribution >= 4 is 0 Å². The summed E-state index contributed by atoms with van der Waals surface area (Å²) in [6.07, 6.45) is 0. The molecule has 0 amide bonds. The van der Waals surface area contributed by atoms with Gasteiger partial charge in [-0.15, -0.1) is 0 Å². The highest BCUT2D eigenvalue weighted by molar-refractivity contribution is 5.13. The van der Waals surface area contributed by atoms with Gasteiger partial charge >= 0.3 is 0 Å². The molecule has 0 saturated carbocycles. The molecule has 0 aliphatic rings. The van der Waals surface area contributed by atoms with Crippen molar-refractivity contribution in [1.29, 1.82) is 0 Å². The first kappa shape index (κ1) is 24.6. The lowest BCUT2D eigenvalue weighted by molar-refractivity contribution is -0.884. The molecule has 0 unspecified atom stereocenters.